The van der Waals surface area contributed by atoms with Gasteiger partial charge in [0, 0.05) is 18.0 Å². The highest BCUT2D eigenvalue weighted by Crippen LogP contribution is 2.39. The molecule has 4 rings (SSSR count). The van der Waals surface area contributed by atoms with Gasteiger partial charge in [0.15, 0.2) is 0 Å². The second-order valence-corrected chi connectivity index (χ2v) is 6.15. The molecule has 1 aliphatic carbocycles. The summed E-state index contributed by atoms with van der Waals surface area (Å²) in [6.07, 6.45) is 8.37. The van der Waals surface area contributed by atoms with E-state index in [0.29, 0.717) is 11.7 Å². The Kier molecular flexibility index (Phi) is 3.62. The van der Waals surface area contributed by atoms with E-state index < -0.39 is 5.41 Å². The predicted octanol–water partition coefficient (Wildman–Crippen LogP) is 3.65. The van der Waals surface area contributed by atoms with Crippen molar-refractivity contribution in [2.75, 3.05) is 0 Å². The van der Waals surface area contributed by atoms with Crippen LogP contribution in [0, 0.1) is 11.3 Å². The van der Waals surface area contributed by atoms with Crippen LogP contribution in [0.25, 0.3) is 17.1 Å². The molecule has 1 aromatic carbocycles. The average Bonchev–Trinajstić information content (AvgIpc) is 3.34. The van der Waals surface area contributed by atoms with Gasteiger partial charge in [-0.05, 0) is 31.0 Å². The molecule has 0 spiro atoms. The quantitative estimate of drug-likeness (QED) is 0.736. The molecule has 0 atom stereocenters. The van der Waals surface area contributed by atoms with Gasteiger partial charge in [0.05, 0.1) is 11.8 Å². The number of nitriles is 1. The van der Waals surface area contributed by atoms with Gasteiger partial charge in [0.1, 0.15) is 5.41 Å². The molecule has 0 unspecified atom stereocenters. The van der Waals surface area contributed by atoms with E-state index in [2.05, 4.69) is 21.3 Å². The molecule has 6 nitrogen and oxygen atoms in total. The van der Waals surface area contributed by atoms with E-state index in [0.717, 1.165) is 43.4 Å². The first-order valence-electron chi connectivity index (χ1n) is 8.17. The first kappa shape index (κ1) is 14.6. The number of rotatable bonds is 3. The minimum Gasteiger partial charge on any atom is -0.337 e. The Morgan fingerprint density at radius 1 is 1.12 bits per heavy atom. The third-order valence-electron chi connectivity index (χ3n) is 4.65. The zero-order valence-corrected chi connectivity index (χ0v) is 13.2. The van der Waals surface area contributed by atoms with Crippen molar-refractivity contribution in [3.63, 3.8) is 0 Å². The number of benzene rings is 1. The van der Waals surface area contributed by atoms with Crippen LogP contribution >= 0.6 is 0 Å². The van der Waals surface area contributed by atoms with Crippen LogP contribution in [-0.4, -0.2) is 19.9 Å². The Morgan fingerprint density at radius 2 is 1.96 bits per heavy atom. The fraction of sp³-hybridized carbons (Fsp3) is 0.333. The van der Waals surface area contributed by atoms with Crippen molar-refractivity contribution in [2.24, 2.45) is 0 Å². The van der Waals surface area contributed by atoms with E-state index >= 15 is 0 Å². The van der Waals surface area contributed by atoms with Crippen LogP contribution in [-0.2, 0) is 5.41 Å². The van der Waals surface area contributed by atoms with Gasteiger partial charge in [-0.15, -0.1) is 0 Å². The van der Waals surface area contributed by atoms with Gasteiger partial charge in [0.25, 0.3) is 0 Å². The van der Waals surface area contributed by atoms with Crippen molar-refractivity contribution in [1.82, 2.24) is 19.9 Å². The van der Waals surface area contributed by atoms with Crippen LogP contribution in [0.2, 0.25) is 0 Å². The molecule has 3 aromatic rings. The molecule has 0 saturated heterocycles. The van der Waals surface area contributed by atoms with E-state index in [4.69, 9.17) is 4.52 Å². The van der Waals surface area contributed by atoms with Crippen LogP contribution < -0.4 is 0 Å². The Labute approximate surface area is 139 Å². The fourth-order valence-electron chi connectivity index (χ4n) is 3.33. The van der Waals surface area contributed by atoms with Crippen LogP contribution in [0.4, 0.5) is 0 Å². The summed E-state index contributed by atoms with van der Waals surface area (Å²) >= 11 is 0. The number of hydrogen-bond donors (Lipinski definition) is 0. The molecule has 0 bridgehead atoms. The third-order valence-corrected chi connectivity index (χ3v) is 4.65. The standard InChI is InChI=1S/C18H17N5O/c19-13-18(9-4-1-5-10-18)17-21-16(22-24-17)14-7-2-3-8-15(14)23-12-6-11-20-23/h2-3,6-8,11-12H,1,4-5,9-10H2. The highest BCUT2D eigenvalue weighted by molar-refractivity contribution is 5.66. The van der Waals surface area contributed by atoms with Crippen molar-refractivity contribution in [2.45, 2.75) is 37.5 Å². The van der Waals surface area contributed by atoms with Gasteiger partial charge >= 0.3 is 0 Å². The van der Waals surface area contributed by atoms with E-state index in [9.17, 15) is 5.26 Å². The fourth-order valence-corrected chi connectivity index (χ4v) is 3.33. The van der Waals surface area contributed by atoms with Crippen molar-refractivity contribution in [3.8, 4) is 23.1 Å². The molecule has 1 fully saturated rings. The molecule has 1 saturated carbocycles. The second-order valence-electron chi connectivity index (χ2n) is 6.15. The zero-order valence-electron chi connectivity index (χ0n) is 13.2. The number of para-hydroxylation sites is 1. The molecule has 120 valence electrons. The van der Waals surface area contributed by atoms with E-state index in [1.807, 2.05) is 36.5 Å². The van der Waals surface area contributed by atoms with E-state index in [-0.39, 0.29) is 0 Å². The SMILES string of the molecule is N#CC1(c2nc(-c3ccccc3-n3cccn3)no2)CCCCC1. The number of hydrogen-bond acceptors (Lipinski definition) is 5. The molecular weight excluding hydrogens is 302 g/mol. The van der Waals surface area contributed by atoms with Gasteiger partial charge in [-0.2, -0.15) is 15.3 Å². The molecule has 2 heterocycles. The first-order chi connectivity index (χ1) is 11.8. The summed E-state index contributed by atoms with van der Waals surface area (Å²) in [6, 6.07) is 12.1. The largest absolute Gasteiger partial charge is 0.337 e. The van der Waals surface area contributed by atoms with Crippen molar-refractivity contribution in [3.05, 3.63) is 48.6 Å². The summed E-state index contributed by atoms with van der Waals surface area (Å²) in [7, 11) is 0. The monoisotopic (exact) mass is 319 g/mol. The Balaban J connectivity index is 1.75. The molecule has 0 amide bonds. The van der Waals surface area contributed by atoms with Crippen LogP contribution in [0.15, 0.2) is 47.2 Å². The molecule has 0 N–H and O–H groups in total. The van der Waals surface area contributed by atoms with Gasteiger partial charge in [-0.3, -0.25) is 0 Å². The van der Waals surface area contributed by atoms with Crippen molar-refractivity contribution < 1.29 is 4.52 Å². The summed E-state index contributed by atoms with van der Waals surface area (Å²) in [5.41, 5.74) is 1.08. The summed E-state index contributed by atoms with van der Waals surface area (Å²) in [4.78, 5) is 4.58. The van der Waals surface area contributed by atoms with Gasteiger partial charge < -0.3 is 4.52 Å². The summed E-state index contributed by atoms with van der Waals surface area (Å²) in [5, 5.41) is 18.1. The molecule has 0 radical (unpaired) electrons. The second kappa shape index (κ2) is 5.93. The summed E-state index contributed by atoms with van der Waals surface area (Å²) < 4.78 is 7.28. The Morgan fingerprint density at radius 3 is 2.71 bits per heavy atom. The maximum Gasteiger partial charge on any atom is 0.247 e. The lowest BCUT2D eigenvalue weighted by molar-refractivity contribution is 0.264. The maximum atomic E-state index is 9.69. The van der Waals surface area contributed by atoms with Crippen LogP contribution in [0.5, 0.6) is 0 Å². The summed E-state index contributed by atoms with van der Waals surface area (Å²) in [5.74, 6) is 0.936. The van der Waals surface area contributed by atoms with E-state index in [1.165, 1.54) is 0 Å². The molecule has 6 heteroatoms. The number of aromatic nitrogens is 4. The predicted molar refractivity (Wildman–Crippen MR) is 87.2 cm³/mol. The van der Waals surface area contributed by atoms with Gasteiger partial charge in [0.2, 0.25) is 11.7 Å². The van der Waals surface area contributed by atoms with Crippen molar-refractivity contribution >= 4 is 0 Å². The van der Waals surface area contributed by atoms with Gasteiger partial charge in [-0.1, -0.05) is 36.6 Å². The van der Waals surface area contributed by atoms with E-state index in [1.54, 1.807) is 10.9 Å². The average molecular weight is 319 g/mol. The highest BCUT2D eigenvalue weighted by atomic mass is 16.5. The molecule has 2 aromatic heterocycles. The number of nitrogens with zero attached hydrogens (tertiary/aromatic N) is 5. The highest BCUT2D eigenvalue weighted by Gasteiger charge is 2.39. The molecule has 1 aliphatic rings. The smallest absolute Gasteiger partial charge is 0.247 e. The Hall–Kier alpha value is -2.94. The minimum atomic E-state index is -0.635. The molecule has 0 aliphatic heterocycles. The third kappa shape index (κ3) is 2.38. The van der Waals surface area contributed by atoms with Crippen molar-refractivity contribution in [1.29, 1.82) is 5.26 Å². The zero-order chi connectivity index (χ0) is 16.4. The molecule has 24 heavy (non-hydrogen) atoms. The van der Waals surface area contributed by atoms with Crippen LogP contribution in [0.1, 0.15) is 38.0 Å². The van der Waals surface area contributed by atoms with Crippen LogP contribution in [0.3, 0.4) is 0 Å². The maximum absolute atomic E-state index is 9.69. The Bertz CT molecular complexity index is 869. The topological polar surface area (TPSA) is 80.5 Å². The summed E-state index contributed by atoms with van der Waals surface area (Å²) in [6.45, 7) is 0. The lowest BCUT2D eigenvalue weighted by atomic mass is 9.75. The minimum absolute atomic E-state index is 0.440. The first-order valence-corrected chi connectivity index (χ1v) is 8.17. The lowest BCUT2D eigenvalue weighted by Crippen LogP contribution is -2.27. The lowest BCUT2D eigenvalue weighted by Gasteiger charge is -2.26. The van der Waals surface area contributed by atoms with Gasteiger partial charge in [-0.25, -0.2) is 4.68 Å². The normalized spacial score (nSPS) is 16.6. The molecular formula is C18H17N5O.